The number of H-pyrrole nitrogens is 2. The normalized spacial score (nSPS) is 17.9. The van der Waals surface area contributed by atoms with Gasteiger partial charge in [-0.2, -0.15) is 10.2 Å². The number of aromatic amines is 2. The fourth-order valence-corrected chi connectivity index (χ4v) is 4.50. The lowest BCUT2D eigenvalue weighted by Crippen LogP contribution is -2.27. The van der Waals surface area contributed by atoms with Crippen LogP contribution in [0.2, 0.25) is 0 Å². The smallest absolute Gasteiger partial charge is 0.257 e. The van der Waals surface area contributed by atoms with E-state index in [0.717, 1.165) is 41.6 Å². The Balaban J connectivity index is 1.45. The number of carbonyl (C=O) groups is 1. The van der Waals surface area contributed by atoms with Crippen molar-refractivity contribution in [3.05, 3.63) is 41.1 Å². The first kappa shape index (κ1) is 17.4. The minimum Gasteiger partial charge on any atom is -0.353 e. The Bertz CT molecular complexity index is 1110. The third-order valence-corrected chi connectivity index (χ3v) is 6.21. The fraction of sp³-hybridized carbons (Fsp3) is 0.350. The van der Waals surface area contributed by atoms with Crippen molar-refractivity contribution in [1.29, 1.82) is 0 Å². The minimum atomic E-state index is -0.154. The molecule has 3 heterocycles. The fourth-order valence-electron chi connectivity index (χ4n) is 3.94. The number of hydrazone groups is 1. The van der Waals surface area contributed by atoms with Crippen molar-refractivity contribution in [2.75, 3.05) is 5.88 Å². The van der Waals surface area contributed by atoms with Crippen molar-refractivity contribution < 1.29 is 4.79 Å². The summed E-state index contributed by atoms with van der Waals surface area (Å²) >= 11 is 1.47. The lowest BCUT2D eigenvalue weighted by Gasteiger charge is -2.28. The van der Waals surface area contributed by atoms with Crippen LogP contribution in [-0.2, 0) is 12.8 Å². The molecule has 0 atom stereocenters. The molecule has 5 rings (SSSR count). The van der Waals surface area contributed by atoms with E-state index in [-0.39, 0.29) is 5.91 Å². The van der Waals surface area contributed by atoms with Gasteiger partial charge in [-0.3, -0.25) is 20.6 Å². The first-order valence-electron chi connectivity index (χ1n) is 9.42. The summed E-state index contributed by atoms with van der Waals surface area (Å²) in [5.41, 5.74) is 9.29. The van der Waals surface area contributed by atoms with Crippen molar-refractivity contribution in [1.82, 2.24) is 25.9 Å². The van der Waals surface area contributed by atoms with E-state index in [0.29, 0.717) is 22.0 Å². The van der Waals surface area contributed by atoms with Gasteiger partial charge in [-0.05, 0) is 48.9 Å². The molecule has 1 aromatic carbocycles. The summed E-state index contributed by atoms with van der Waals surface area (Å²) in [5.74, 6) is 0.528. The van der Waals surface area contributed by atoms with Crippen molar-refractivity contribution in [3.8, 4) is 11.4 Å². The second-order valence-corrected chi connectivity index (χ2v) is 9.14. The predicted molar refractivity (Wildman–Crippen MR) is 112 cm³/mol. The van der Waals surface area contributed by atoms with Gasteiger partial charge in [-0.15, -0.1) is 0 Å². The van der Waals surface area contributed by atoms with Crippen molar-refractivity contribution >= 4 is 33.7 Å². The van der Waals surface area contributed by atoms with Crippen LogP contribution >= 0.6 is 11.8 Å². The van der Waals surface area contributed by atoms with Gasteiger partial charge in [0.05, 0.1) is 11.6 Å². The topological polar surface area (TPSA) is 98.0 Å². The van der Waals surface area contributed by atoms with E-state index >= 15 is 0 Å². The van der Waals surface area contributed by atoms with Crippen LogP contribution in [0, 0.1) is 5.41 Å². The van der Waals surface area contributed by atoms with Crippen LogP contribution in [0.4, 0.5) is 0 Å². The Kier molecular flexibility index (Phi) is 3.97. The van der Waals surface area contributed by atoms with Crippen LogP contribution < -0.4 is 10.7 Å². The van der Waals surface area contributed by atoms with Crippen LogP contribution in [-0.4, -0.2) is 32.1 Å². The molecule has 0 saturated heterocycles. The molecule has 8 heteroatoms. The Morgan fingerprint density at radius 1 is 1.29 bits per heavy atom. The van der Waals surface area contributed by atoms with E-state index < -0.39 is 0 Å². The lowest BCUT2D eigenvalue weighted by molar-refractivity contribution is 0.0978. The second kappa shape index (κ2) is 6.41. The number of rotatable bonds is 2. The summed E-state index contributed by atoms with van der Waals surface area (Å²) in [4.78, 5) is 15.9. The van der Waals surface area contributed by atoms with E-state index in [2.05, 4.69) is 50.9 Å². The molecule has 0 spiro atoms. The molecule has 0 bridgehead atoms. The first-order valence-corrected chi connectivity index (χ1v) is 10.4. The molecule has 4 N–H and O–H groups in total. The Morgan fingerprint density at radius 2 is 2.18 bits per heavy atom. The monoisotopic (exact) mass is 394 g/mol. The largest absolute Gasteiger partial charge is 0.353 e. The SMILES string of the molecule is CC1(C)CCc2c(-c3cc4cc(C(=O)NC5=NNCS5)ccc4[nH]3)n[nH]c2C1. The van der Waals surface area contributed by atoms with Gasteiger partial charge >= 0.3 is 0 Å². The van der Waals surface area contributed by atoms with Crippen LogP contribution in [0.25, 0.3) is 22.3 Å². The van der Waals surface area contributed by atoms with Gasteiger partial charge in [0.1, 0.15) is 5.69 Å². The van der Waals surface area contributed by atoms with Crippen LogP contribution in [0.15, 0.2) is 29.4 Å². The molecule has 28 heavy (non-hydrogen) atoms. The third-order valence-electron chi connectivity index (χ3n) is 5.47. The maximum absolute atomic E-state index is 12.5. The highest BCUT2D eigenvalue weighted by Crippen LogP contribution is 2.38. The van der Waals surface area contributed by atoms with E-state index in [1.807, 2.05) is 18.2 Å². The molecule has 144 valence electrons. The summed E-state index contributed by atoms with van der Waals surface area (Å²) in [5, 5.41) is 16.3. The number of benzene rings is 1. The second-order valence-electron chi connectivity index (χ2n) is 8.17. The molecular formula is C20H22N6OS. The van der Waals surface area contributed by atoms with E-state index in [1.54, 1.807) is 0 Å². The highest BCUT2D eigenvalue weighted by atomic mass is 32.2. The number of aromatic nitrogens is 3. The molecule has 1 aliphatic carbocycles. The molecule has 0 unspecified atom stereocenters. The van der Waals surface area contributed by atoms with Crippen molar-refractivity contribution in [3.63, 3.8) is 0 Å². The third kappa shape index (κ3) is 3.07. The summed E-state index contributed by atoms with van der Waals surface area (Å²) in [6, 6.07) is 7.75. The van der Waals surface area contributed by atoms with Crippen LogP contribution in [0.3, 0.4) is 0 Å². The predicted octanol–water partition coefficient (Wildman–Crippen LogP) is 3.37. The molecule has 3 aromatic rings. The number of nitrogens with one attached hydrogen (secondary N) is 4. The van der Waals surface area contributed by atoms with Gasteiger partial charge in [-0.1, -0.05) is 25.6 Å². The zero-order valence-corrected chi connectivity index (χ0v) is 16.7. The van der Waals surface area contributed by atoms with Crippen LogP contribution in [0.1, 0.15) is 41.9 Å². The molecule has 0 saturated carbocycles. The molecule has 2 aromatic heterocycles. The maximum Gasteiger partial charge on any atom is 0.257 e. The summed E-state index contributed by atoms with van der Waals surface area (Å²) in [6.45, 7) is 4.61. The zero-order valence-electron chi connectivity index (χ0n) is 15.8. The number of hydrogen-bond donors (Lipinski definition) is 4. The van der Waals surface area contributed by atoms with Crippen molar-refractivity contribution in [2.24, 2.45) is 10.5 Å². The highest BCUT2D eigenvalue weighted by molar-refractivity contribution is 8.14. The average Bonchev–Trinajstić information content (AvgIpc) is 3.38. The van der Waals surface area contributed by atoms with Crippen LogP contribution in [0.5, 0.6) is 0 Å². The van der Waals surface area contributed by atoms with Crippen molar-refractivity contribution in [2.45, 2.75) is 33.1 Å². The van der Waals surface area contributed by atoms with Gasteiger partial charge in [0.2, 0.25) is 0 Å². The lowest BCUT2D eigenvalue weighted by atomic mass is 9.76. The quantitative estimate of drug-likeness (QED) is 0.536. The number of amides is 1. The maximum atomic E-state index is 12.5. The van der Waals surface area contributed by atoms with Gasteiger partial charge in [0.25, 0.3) is 5.91 Å². The number of nitrogens with zero attached hydrogens (tertiary/aromatic N) is 2. The van der Waals surface area contributed by atoms with Gasteiger partial charge in [0, 0.05) is 27.7 Å². The van der Waals surface area contributed by atoms with Gasteiger partial charge in [-0.25, -0.2) is 0 Å². The molecule has 1 aliphatic heterocycles. The molecular weight excluding hydrogens is 372 g/mol. The first-order chi connectivity index (χ1) is 13.5. The number of thioether (sulfide) groups is 1. The molecule has 7 nitrogen and oxygen atoms in total. The van der Waals surface area contributed by atoms with E-state index in [4.69, 9.17) is 0 Å². The Labute approximate surface area is 166 Å². The Hall–Kier alpha value is -2.74. The summed E-state index contributed by atoms with van der Waals surface area (Å²) in [7, 11) is 0. The summed E-state index contributed by atoms with van der Waals surface area (Å²) in [6.07, 6.45) is 3.22. The van der Waals surface area contributed by atoms with E-state index in [1.165, 1.54) is 23.0 Å². The number of hydrogen-bond acceptors (Lipinski definition) is 5. The highest BCUT2D eigenvalue weighted by Gasteiger charge is 2.29. The van der Waals surface area contributed by atoms with Gasteiger partial charge in [0.15, 0.2) is 5.17 Å². The minimum absolute atomic E-state index is 0.154. The van der Waals surface area contributed by atoms with Gasteiger partial charge < -0.3 is 4.98 Å². The number of fused-ring (bicyclic) bond motifs is 2. The summed E-state index contributed by atoms with van der Waals surface area (Å²) < 4.78 is 0. The molecule has 0 radical (unpaired) electrons. The number of carbonyl (C=O) groups excluding carboxylic acids is 1. The average molecular weight is 395 g/mol. The molecule has 1 amide bonds. The standard InChI is InChI=1S/C20H22N6OS/c1-20(2)6-5-13-16(9-20)24-25-17(13)15-8-12-7-11(3-4-14(12)22-15)18(27)23-19-26-21-10-28-19/h3-4,7-8,21-22H,5-6,9-10H2,1-2H3,(H,24,25)(H,23,26,27). The Morgan fingerprint density at radius 3 is 3.00 bits per heavy atom. The molecule has 0 fully saturated rings. The van der Waals surface area contributed by atoms with E-state index in [9.17, 15) is 4.79 Å². The number of amidine groups is 1. The zero-order chi connectivity index (χ0) is 19.3. The molecule has 2 aliphatic rings.